The second-order valence-corrected chi connectivity index (χ2v) is 4.19. The van der Waals surface area contributed by atoms with E-state index in [1.54, 1.807) is 0 Å². The minimum Gasteiger partial charge on any atom is -0.377 e. The Bertz CT molecular complexity index is 273. The first-order valence-corrected chi connectivity index (χ1v) is 6.04. The summed E-state index contributed by atoms with van der Waals surface area (Å²) in [5.41, 5.74) is 0. The van der Waals surface area contributed by atoms with Gasteiger partial charge in [-0.2, -0.15) is 5.26 Å². The van der Waals surface area contributed by atoms with Crippen molar-refractivity contribution in [2.24, 2.45) is 5.92 Å². The largest absolute Gasteiger partial charge is 0.377 e. The number of ether oxygens (including phenoxy) is 1. The molecule has 1 N–H and O–H groups in total. The van der Waals surface area contributed by atoms with Crippen LogP contribution in [0.2, 0.25) is 0 Å². The van der Waals surface area contributed by atoms with Crippen molar-refractivity contribution in [2.75, 3.05) is 6.61 Å². The lowest BCUT2D eigenvalue weighted by Gasteiger charge is -2.18. The number of carbonyl (C=O) groups excluding carboxylic acids is 1. The van der Waals surface area contributed by atoms with Gasteiger partial charge in [0.25, 0.3) is 0 Å². The second kappa shape index (κ2) is 6.49. The summed E-state index contributed by atoms with van der Waals surface area (Å²) in [5.74, 6) is -0.0953. The normalized spacial score (nSPS) is 26.1. The van der Waals surface area contributed by atoms with Crippen LogP contribution in [-0.2, 0) is 9.53 Å². The topological polar surface area (TPSA) is 62.1 Å². The van der Waals surface area contributed by atoms with Crippen molar-refractivity contribution in [1.29, 1.82) is 5.26 Å². The smallest absolute Gasteiger partial charge is 0.226 e. The first-order chi connectivity index (χ1) is 7.72. The van der Waals surface area contributed by atoms with E-state index in [4.69, 9.17) is 10.00 Å². The van der Waals surface area contributed by atoms with Gasteiger partial charge in [-0.15, -0.1) is 0 Å². The van der Waals surface area contributed by atoms with E-state index in [1.807, 2.05) is 13.8 Å². The first-order valence-electron chi connectivity index (χ1n) is 6.04. The summed E-state index contributed by atoms with van der Waals surface area (Å²) in [6, 6.07) is 1.77. The van der Waals surface area contributed by atoms with Gasteiger partial charge in [0, 0.05) is 6.61 Å². The molecular weight excluding hydrogens is 204 g/mol. The molecule has 4 nitrogen and oxygen atoms in total. The van der Waals surface area contributed by atoms with E-state index in [1.165, 1.54) is 0 Å². The van der Waals surface area contributed by atoms with Crippen LogP contribution in [0, 0.1) is 17.2 Å². The number of hydrogen-bond donors (Lipinski definition) is 1. The van der Waals surface area contributed by atoms with Crippen molar-refractivity contribution >= 4 is 5.91 Å². The molecule has 3 unspecified atom stereocenters. The van der Waals surface area contributed by atoms with Gasteiger partial charge in [-0.05, 0) is 19.3 Å². The summed E-state index contributed by atoms with van der Waals surface area (Å²) in [6.07, 6.45) is 3.27. The Labute approximate surface area is 97.0 Å². The molecule has 1 saturated heterocycles. The van der Waals surface area contributed by atoms with E-state index in [9.17, 15) is 4.79 Å². The average Bonchev–Trinajstić information content (AvgIpc) is 2.76. The van der Waals surface area contributed by atoms with Crippen LogP contribution in [0.15, 0.2) is 0 Å². The zero-order valence-electron chi connectivity index (χ0n) is 10.0. The number of hydrogen-bond acceptors (Lipinski definition) is 3. The monoisotopic (exact) mass is 224 g/mol. The van der Waals surface area contributed by atoms with Gasteiger partial charge in [0.1, 0.15) is 6.04 Å². The average molecular weight is 224 g/mol. The van der Waals surface area contributed by atoms with Gasteiger partial charge >= 0.3 is 0 Å². The lowest BCUT2D eigenvalue weighted by Crippen LogP contribution is -2.40. The predicted octanol–water partition coefficient (Wildman–Crippen LogP) is 1.61. The zero-order chi connectivity index (χ0) is 12.0. The Morgan fingerprint density at radius 2 is 2.38 bits per heavy atom. The minimum atomic E-state index is -0.351. The Balaban J connectivity index is 2.48. The molecule has 1 amide bonds. The molecule has 0 bridgehead atoms. The van der Waals surface area contributed by atoms with Crippen LogP contribution in [0.1, 0.15) is 39.5 Å². The van der Waals surface area contributed by atoms with Gasteiger partial charge < -0.3 is 10.1 Å². The molecule has 1 heterocycles. The molecule has 0 aliphatic carbocycles. The molecule has 1 aliphatic rings. The zero-order valence-corrected chi connectivity index (χ0v) is 10.0. The van der Waals surface area contributed by atoms with Crippen LogP contribution < -0.4 is 5.32 Å². The Morgan fingerprint density at radius 1 is 1.62 bits per heavy atom. The van der Waals surface area contributed by atoms with Gasteiger partial charge in [0.2, 0.25) is 5.91 Å². The molecule has 1 aliphatic heterocycles. The summed E-state index contributed by atoms with van der Waals surface area (Å²) in [5, 5.41) is 11.7. The Kier molecular flexibility index (Phi) is 5.27. The standard InChI is InChI=1S/C12H20N2O2/c1-3-5-9(8-13)14-12(15)10-6-7-16-11(10)4-2/h9-11H,3-7H2,1-2H3,(H,14,15). The molecule has 90 valence electrons. The van der Waals surface area contributed by atoms with Gasteiger partial charge in [-0.3, -0.25) is 4.79 Å². The van der Waals surface area contributed by atoms with E-state index >= 15 is 0 Å². The fourth-order valence-corrected chi connectivity index (χ4v) is 2.09. The summed E-state index contributed by atoms with van der Waals surface area (Å²) >= 11 is 0. The SMILES string of the molecule is CCCC(C#N)NC(=O)C1CCOC1CC. The van der Waals surface area contributed by atoms with Gasteiger partial charge in [-0.25, -0.2) is 0 Å². The molecule has 4 heteroatoms. The molecule has 0 aromatic carbocycles. The van der Waals surface area contributed by atoms with Crippen molar-refractivity contribution < 1.29 is 9.53 Å². The third-order valence-corrected chi connectivity index (χ3v) is 3.00. The Morgan fingerprint density at radius 3 is 2.94 bits per heavy atom. The molecule has 0 aromatic heterocycles. The maximum Gasteiger partial charge on any atom is 0.226 e. The number of nitrogens with one attached hydrogen (secondary N) is 1. The summed E-state index contributed by atoms with van der Waals surface area (Å²) < 4.78 is 5.47. The van der Waals surface area contributed by atoms with Crippen LogP contribution in [0.3, 0.4) is 0 Å². The number of amides is 1. The van der Waals surface area contributed by atoms with Crippen LogP contribution in [-0.4, -0.2) is 24.7 Å². The molecule has 0 aromatic rings. The molecule has 0 spiro atoms. The lowest BCUT2D eigenvalue weighted by atomic mass is 9.98. The summed E-state index contributed by atoms with van der Waals surface area (Å²) in [6.45, 7) is 4.68. The lowest BCUT2D eigenvalue weighted by molar-refractivity contribution is -0.127. The van der Waals surface area contributed by atoms with Crippen molar-refractivity contribution in [2.45, 2.75) is 51.7 Å². The quantitative estimate of drug-likeness (QED) is 0.771. The highest BCUT2D eigenvalue weighted by Gasteiger charge is 2.33. The summed E-state index contributed by atoms with van der Waals surface area (Å²) in [4.78, 5) is 11.9. The highest BCUT2D eigenvalue weighted by molar-refractivity contribution is 5.80. The van der Waals surface area contributed by atoms with Gasteiger partial charge in [0.15, 0.2) is 0 Å². The molecule has 16 heavy (non-hydrogen) atoms. The highest BCUT2D eigenvalue weighted by Crippen LogP contribution is 2.23. The van der Waals surface area contributed by atoms with E-state index < -0.39 is 0 Å². The number of nitriles is 1. The second-order valence-electron chi connectivity index (χ2n) is 4.19. The predicted molar refractivity (Wildman–Crippen MR) is 60.6 cm³/mol. The third-order valence-electron chi connectivity index (χ3n) is 3.00. The van der Waals surface area contributed by atoms with E-state index in [0.717, 1.165) is 19.3 Å². The molecule has 3 atom stereocenters. The van der Waals surface area contributed by atoms with Crippen molar-refractivity contribution in [3.05, 3.63) is 0 Å². The van der Waals surface area contributed by atoms with Crippen LogP contribution in [0.4, 0.5) is 0 Å². The van der Waals surface area contributed by atoms with E-state index in [-0.39, 0.29) is 24.0 Å². The van der Waals surface area contributed by atoms with Gasteiger partial charge in [0.05, 0.1) is 18.1 Å². The number of rotatable bonds is 5. The number of nitrogens with zero attached hydrogens (tertiary/aromatic N) is 1. The highest BCUT2D eigenvalue weighted by atomic mass is 16.5. The number of carbonyl (C=O) groups is 1. The van der Waals surface area contributed by atoms with Crippen molar-refractivity contribution in [3.8, 4) is 6.07 Å². The molecular formula is C12H20N2O2. The van der Waals surface area contributed by atoms with Crippen molar-refractivity contribution in [1.82, 2.24) is 5.32 Å². The van der Waals surface area contributed by atoms with Crippen LogP contribution in [0.25, 0.3) is 0 Å². The van der Waals surface area contributed by atoms with Crippen LogP contribution in [0.5, 0.6) is 0 Å². The van der Waals surface area contributed by atoms with E-state index in [2.05, 4.69) is 11.4 Å². The Hall–Kier alpha value is -1.08. The molecule has 0 radical (unpaired) electrons. The van der Waals surface area contributed by atoms with Crippen molar-refractivity contribution in [3.63, 3.8) is 0 Å². The molecule has 1 fully saturated rings. The third kappa shape index (κ3) is 3.21. The van der Waals surface area contributed by atoms with Gasteiger partial charge in [-0.1, -0.05) is 20.3 Å². The van der Waals surface area contributed by atoms with Crippen LogP contribution >= 0.6 is 0 Å². The maximum atomic E-state index is 11.9. The summed E-state index contributed by atoms with van der Waals surface area (Å²) in [7, 11) is 0. The molecule has 0 saturated carbocycles. The fourth-order valence-electron chi connectivity index (χ4n) is 2.09. The molecule has 1 rings (SSSR count). The minimum absolute atomic E-state index is 0.0237. The maximum absolute atomic E-state index is 11.9. The van der Waals surface area contributed by atoms with E-state index in [0.29, 0.717) is 13.0 Å². The first kappa shape index (κ1) is 13.0. The fraction of sp³-hybridized carbons (Fsp3) is 0.833.